The second kappa shape index (κ2) is 5.72. The van der Waals surface area contributed by atoms with Gasteiger partial charge in [-0.3, -0.25) is 0 Å². The van der Waals surface area contributed by atoms with Crippen molar-refractivity contribution in [3.8, 4) is 0 Å². The zero-order valence-corrected chi connectivity index (χ0v) is 11.8. The highest BCUT2D eigenvalue weighted by Gasteiger charge is 2.20. The number of pyridine rings is 1. The molecule has 1 N–H and O–H groups in total. The van der Waals surface area contributed by atoms with E-state index in [0.717, 1.165) is 30.0 Å². The Hall–Kier alpha value is -1.06. The average Bonchev–Trinajstić information content (AvgIpc) is 3.09. The van der Waals surface area contributed by atoms with Crippen molar-refractivity contribution in [1.29, 1.82) is 0 Å². The van der Waals surface area contributed by atoms with Crippen LogP contribution in [0.2, 0.25) is 5.02 Å². The number of hydrogen-bond donors (Lipinski definition) is 1. The molecular formula is C14H20ClN3. The molecular weight excluding hydrogens is 246 g/mol. The maximum absolute atomic E-state index is 6.28. The summed E-state index contributed by atoms with van der Waals surface area (Å²) in [6.07, 6.45) is 4.48. The van der Waals surface area contributed by atoms with Gasteiger partial charge in [-0.1, -0.05) is 23.8 Å². The van der Waals surface area contributed by atoms with Crippen LogP contribution in [0.4, 0.5) is 5.82 Å². The van der Waals surface area contributed by atoms with E-state index < -0.39 is 0 Å². The van der Waals surface area contributed by atoms with Gasteiger partial charge in [-0.05, 0) is 31.4 Å². The van der Waals surface area contributed by atoms with Crippen molar-refractivity contribution in [2.45, 2.75) is 32.4 Å². The average molecular weight is 266 g/mol. The molecule has 0 unspecified atom stereocenters. The summed E-state index contributed by atoms with van der Waals surface area (Å²) in [7, 11) is 1.98. The highest BCUT2D eigenvalue weighted by molar-refractivity contribution is 6.33. The minimum absolute atomic E-state index is 0.703. The standard InChI is InChI=1S/C14H20ClN3/c1-10(2)9-18(3)14-13(15)6-11(8-17-14)7-16-12-4-5-12/h6,8,12,16H,1,4-5,7,9H2,2-3H3. The van der Waals surface area contributed by atoms with E-state index in [9.17, 15) is 0 Å². The van der Waals surface area contributed by atoms with Crippen LogP contribution < -0.4 is 10.2 Å². The molecule has 4 heteroatoms. The lowest BCUT2D eigenvalue weighted by Gasteiger charge is -2.19. The van der Waals surface area contributed by atoms with Crippen molar-refractivity contribution in [2.24, 2.45) is 0 Å². The summed E-state index contributed by atoms with van der Waals surface area (Å²) >= 11 is 6.28. The van der Waals surface area contributed by atoms with Crippen LogP contribution >= 0.6 is 11.6 Å². The molecule has 0 aromatic carbocycles. The molecule has 1 heterocycles. The summed E-state index contributed by atoms with van der Waals surface area (Å²) in [6.45, 7) is 7.52. The predicted molar refractivity (Wildman–Crippen MR) is 77.2 cm³/mol. The number of hydrogen-bond acceptors (Lipinski definition) is 3. The monoisotopic (exact) mass is 265 g/mol. The number of halogens is 1. The fourth-order valence-electron chi connectivity index (χ4n) is 1.88. The molecule has 0 atom stereocenters. The number of aromatic nitrogens is 1. The van der Waals surface area contributed by atoms with Gasteiger partial charge in [0.2, 0.25) is 0 Å². The van der Waals surface area contributed by atoms with Crippen LogP contribution in [0.25, 0.3) is 0 Å². The number of nitrogens with zero attached hydrogens (tertiary/aromatic N) is 2. The lowest BCUT2D eigenvalue weighted by atomic mass is 10.2. The third kappa shape index (κ3) is 3.72. The Balaban J connectivity index is 2.01. The topological polar surface area (TPSA) is 28.2 Å². The molecule has 0 aliphatic heterocycles. The van der Waals surface area contributed by atoms with E-state index in [1.165, 1.54) is 12.8 Å². The molecule has 0 spiro atoms. The first kappa shape index (κ1) is 13.4. The van der Waals surface area contributed by atoms with Gasteiger partial charge >= 0.3 is 0 Å². The molecule has 1 aromatic heterocycles. The summed E-state index contributed by atoms with van der Waals surface area (Å²) in [5, 5.41) is 4.16. The van der Waals surface area contributed by atoms with E-state index in [2.05, 4.69) is 16.9 Å². The second-order valence-electron chi connectivity index (χ2n) is 5.12. The fraction of sp³-hybridized carbons (Fsp3) is 0.500. The SMILES string of the molecule is C=C(C)CN(C)c1ncc(CNC2CC2)cc1Cl. The van der Waals surface area contributed by atoms with Gasteiger partial charge in [0, 0.05) is 32.4 Å². The summed E-state index contributed by atoms with van der Waals surface area (Å²) in [4.78, 5) is 6.46. The van der Waals surface area contributed by atoms with Crippen LogP contribution in [-0.4, -0.2) is 24.6 Å². The van der Waals surface area contributed by atoms with Crippen LogP contribution in [-0.2, 0) is 6.54 Å². The number of nitrogens with one attached hydrogen (secondary N) is 1. The first-order chi connectivity index (χ1) is 8.56. The van der Waals surface area contributed by atoms with Crippen LogP contribution in [0, 0.1) is 0 Å². The molecule has 1 aromatic rings. The molecule has 1 fully saturated rings. The molecule has 18 heavy (non-hydrogen) atoms. The smallest absolute Gasteiger partial charge is 0.147 e. The Bertz CT molecular complexity index is 441. The first-order valence-corrected chi connectivity index (χ1v) is 6.67. The van der Waals surface area contributed by atoms with Crippen LogP contribution in [0.5, 0.6) is 0 Å². The van der Waals surface area contributed by atoms with E-state index in [4.69, 9.17) is 11.6 Å². The zero-order valence-electron chi connectivity index (χ0n) is 11.0. The fourth-order valence-corrected chi connectivity index (χ4v) is 2.21. The highest BCUT2D eigenvalue weighted by Crippen LogP contribution is 2.24. The molecule has 98 valence electrons. The van der Waals surface area contributed by atoms with Crippen molar-refractivity contribution in [1.82, 2.24) is 10.3 Å². The summed E-state index contributed by atoms with van der Waals surface area (Å²) in [5.74, 6) is 0.815. The number of rotatable bonds is 6. The quantitative estimate of drug-likeness (QED) is 0.802. The van der Waals surface area contributed by atoms with Gasteiger partial charge in [-0.2, -0.15) is 0 Å². The van der Waals surface area contributed by atoms with Crippen LogP contribution in [0.3, 0.4) is 0 Å². The van der Waals surface area contributed by atoms with Gasteiger partial charge in [0.1, 0.15) is 5.82 Å². The van der Waals surface area contributed by atoms with Gasteiger partial charge in [-0.25, -0.2) is 4.98 Å². The van der Waals surface area contributed by atoms with E-state index >= 15 is 0 Å². The lowest BCUT2D eigenvalue weighted by Crippen LogP contribution is -2.21. The third-order valence-corrected chi connectivity index (χ3v) is 3.20. The van der Waals surface area contributed by atoms with Crippen LogP contribution in [0.15, 0.2) is 24.4 Å². The summed E-state index contributed by atoms with van der Waals surface area (Å²) < 4.78 is 0. The third-order valence-electron chi connectivity index (χ3n) is 2.92. The lowest BCUT2D eigenvalue weighted by molar-refractivity contribution is 0.686. The van der Waals surface area contributed by atoms with E-state index in [-0.39, 0.29) is 0 Å². The molecule has 1 aliphatic carbocycles. The second-order valence-corrected chi connectivity index (χ2v) is 5.52. The Morgan fingerprint density at radius 1 is 1.61 bits per heavy atom. The van der Waals surface area contributed by atoms with Crippen LogP contribution in [0.1, 0.15) is 25.3 Å². The Morgan fingerprint density at radius 2 is 2.33 bits per heavy atom. The van der Waals surface area contributed by atoms with Gasteiger partial charge in [0.05, 0.1) is 5.02 Å². The number of anilines is 1. The Kier molecular flexibility index (Phi) is 4.25. The van der Waals surface area contributed by atoms with Gasteiger partial charge in [-0.15, -0.1) is 0 Å². The predicted octanol–water partition coefficient (Wildman–Crippen LogP) is 3.00. The maximum atomic E-state index is 6.28. The molecule has 0 bridgehead atoms. The van der Waals surface area contributed by atoms with Crippen molar-refractivity contribution in [3.63, 3.8) is 0 Å². The van der Waals surface area contributed by atoms with Gasteiger partial charge in [0.25, 0.3) is 0 Å². The van der Waals surface area contributed by atoms with E-state index in [1.54, 1.807) is 0 Å². The van der Waals surface area contributed by atoms with E-state index in [1.807, 2.05) is 31.1 Å². The first-order valence-electron chi connectivity index (χ1n) is 6.29. The van der Waals surface area contributed by atoms with Crippen molar-refractivity contribution < 1.29 is 0 Å². The molecule has 0 amide bonds. The maximum Gasteiger partial charge on any atom is 0.147 e. The van der Waals surface area contributed by atoms with E-state index in [0.29, 0.717) is 11.1 Å². The molecule has 0 radical (unpaired) electrons. The minimum atomic E-state index is 0.703. The molecule has 1 saturated carbocycles. The molecule has 3 nitrogen and oxygen atoms in total. The molecule has 1 aliphatic rings. The normalized spacial score (nSPS) is 14.6. The largest absolute Gasteiger partial charge is 0.354 e. The van der Waals surface area contributed by atoms with Crippen molar-refractivity contribution in [2.75, 3.05) is 18.5 Å². The molecule has 0 saturated heterocycles. The van der Waals surface area contributed by atoms with Crippen molar-refractivity contribution in [3.05, 3.63) is 35.0 Å². The van der Waals surface area contributed by atoms with Crippen molar-refractivity contribution >= 4 is 17.4 Å². The summed E-state index contributed by atoms with van der Waals surface area (Å²) in [6, 6.07) is 2.70. The van der Waals surface area contributed by atoms with Gasteiger partial charge < -0.3 is 10.2 Å². The Morgan fingerprint density at radius 3 is 2.89 bits per heavy atom. The zero-order chi connectivity index (χ0) is 13.1. The Labute approximate surface area is 114 Å². The minimum Gasteiger partial charge on any atom is -0.354 e. The highest BCUT2D eigenvalue weighted by atomic mass is 35.5. The van der Waals surface area contributed by atoms with Gasteiger partial charge in [0.15, 0.2) is 0 Å². The summed E-state index contributed by atoms with van der Waals surface area (Å²) in [5.41, 5.74) is 2.23. The number of likely N-dealkylation sites (N-methyl/N-ethyl adjacent to an activating group) is 1. The molecule has 2 rings (SSSR count).